The van der Waals surface area contributed by atoms with Crippen LogP contribution in [-0.2, 0) is 0 Å². The van der Waals surface area contributed by atoms with Crippen LogP contribution in [-0.4, -0.2) is 13.1 Å². The van der Waals surface area contributed by atoms with Gasteiger partial charge in [0.1, 0.15) is 0 Å². The minimum atomic E-state index is 0.893. The molecule has 82 valence electrons. The van der Waals surface area contributed by atoms with Crippen LogP contribution in [0.2, 0.25) is 0 Å². The monoisotopic (exact) mass is 204 g/mol. The van der Waals surface area contributed by atoms with Crippen molar-refractivity contribution in [3.8, 4) is 0 Å². The summed E-state index contributed by atoms with van der Waals surface area (Å²) in [6.07, 6.45) is 2.67. The Hall–Kier alpha value is -1.18. The number of nitrogens with two attached hydrogens (primary N) is 1. The van der Waals surface area contributed by atoms with Crippen LogP contribution in [0.5, 0.6) is 0 Å². The van der Waals surface area contributed by atoms with E-state index < -0.39 is 0 Å². The molecule has 0 amide bonds. The van der Waals surface area contributed by atoms with E-state index in [4.69, 9.17) is 5.73 Å². The summed E-state index contributed by atoms with van der Waals surface area (Å²) in [7, 11) is 0. The lowest BCUT2D eigenvalue weighted by Crippen LogP contribution is -2.46. The van der Waals surface area contributed by atoms with E-state index in [0.29, 0.717) is 0 Å². The minimum absolute atomic E-state index is 0.893. The molecule has 0 unspecified atom stereocenters. The molecule has 15 heavy (non-hydrogen) atoms. The zero-order chi connectivity index (χ0) is 10.8. The zero-order valence-electron chi connectivity index (χ0n) is 9.66. The minimum Gasteiger partial charge on any atom is -0.399 e. The Morgan fingerprint density at radius 1 is 1.40 bits per heavy atom. The highest BCUT2D eigenvalue weighted by molar-refractivity contribution is 5.59. The van der Waals surface area contributed by atoms with Gasteiger partial charge in [0.15, 0.2) is 0 Å². The van der Waals surface area contributed by atoms with Crippen LogP contribution >= 0.6 is 0 Å². The SMILES string of the molecule is CCCC1CN(c2ccc(N)c(C)c2)C1. The van der Waals surface area contributed by atoms with Crippen LogP contribution in [0.25, 0.3) is 0 Å². The molecule has 2 N–H and O–H groups in total. The van der Waals surface area contributed by atoms with Crippen molar-refractivity contribution in [3.05, 3.63) is 23.8 Å². The molecule has 0 atom stereocenters. The van der Waals surface area contributed by atoms with Crippen LogP contribution in [0.4, 0.5) is 11.4 Å². The van der Waals surface area contributed by atoms with Gasteiger partial charge in [0, 0.05) is 24.5 Å². The van der Waals surface area contributed by atoms with E-state index in [-0.39, 0.29) is 0 Å². The van der Waals surface area contributed by atoms with E-state index in [1.54, 1.807) is 0 Å². The predicted octanol–water partition coefficient (Wildman–Crippen LogP) is 2.81. The molecule has 0 spiro atoms. The number of anilines is 2. The lowest BCUT2D eigenvalue weighted by Gasteiger charge is -2.41. The van der Waals surface area contributed by atoms with Gasteiger partial charge in [-0.05, 0) is 43.0 Å². The van der Waals surface area contributed by atoms with Gasteiger partial charge in [-0.1, -0.05) is 13.3 Å². The molecule has 0 aromatic heterocycles. The molecule has 1 saturated heterocycles. The molecule has 0 radical (unpaired) electrons. The molecule has 1 aliphatic rings. The Labute approximate surface area is 92.1 Å². The Morgan fingerprint density at radius 2 is 2.13 bits per heavy atom. The molecule has 0 saturated carbocycles. The van der Waals surface area contributed by atoms with Crippen molar-refractivity contribution in [2.24, 2.45) is 5.92 Å². The van der Waals surface area contributed by atoms with Gasteiger partial charge < -0.3 is 10.6 Å². The maximum atomic E-state index is 5.80. The Bertz CT molecular complexity index is 340. The van der Waals surface area contributed by atoms with Crippen molar-refractivity contribution < 1.29 is 0 Å². The fourth-order valence-corrected chi connectivity index (χ4v) is 2.23. The van der Waals surface area contributed by atoms with Crippen molar-refractivity contribution in [1.82, 2.24) is 0 Å². The Morgan fingerprint density at radius 3 is 2.73 bits per heavy atom. The highest BCUT2D eigenvalue weighted by atomic mass is 15.2. The van der Waals surface area contributed by atoms with Crippen molar-refractivity contribution in [2.75, 3.05) is 23.7 Å². The molecule has 0 bridgehead atoms. The summed E-state index contributed by atoms with van der Waals surface area (Å²) in [4.78, 5) is 2.44. The van der Waals surface area contributed by atoms with Gasteiger partial charge in [0.25, 0.3) is 0 Å². The number of rotatable bonds is 3. The first-order valence-electron chi connectivity index (χ1n) is 5.81. The number of hydrogen-bond acceptors (Lipinski definition) is 2. The van der Waals surface area contributed by atoms with Crippen LogP contribution in [0, 0.1) is 12.8 Å². The fraction of sp³-hybridized carbons (Fsp3) is 0.538. The maximum Gasteiger partial charge on any atom is 0.0370 e. The second-order valence-corrected chi connectivity index (χ2v) is 4.60. The summed E-state index contributed by atoms with van der Waals surface area (Å²) < 4.78 is 0. The number of nitrogen functional groups attached to an aromatic ring is 1. The van der Waals surface area contributed by atoms with E-state index in [0.717, 1.165) is 11.6 Å². The van der Waals surface area contributed by atoms with Crippen molar-refractivity contribution in [2.45, 2.75) is 26.7 Å². The molecule has 1 aromatic carbocycles. The first kappa shape index (κ1) is 10.3. The van der Waals surface area contributed by atoms with Crippen LogP contribution in [0.1, 0.15) is 25.3 Å². The third-order valence-corrected chi connectivity index (χ3v) is 3.27. The van der Waals surface area contributed by atoms with Gasteiger partial charge in [0.05, 0.1) is 0 Å². The lowest BCUT2D eigenvalue weighted by atomic mass is 9.94. The molecule has 1 aromatic rings. The third kappa shape index (κ3) is 2.09. The van der Waals surface area contributed by atoms with Crippen molar-refractivity contribution in [1.29, 1.82) is 0 Å². The highest BCUT2D eigenvalue weighted by Crippen LogP contribution is 2.29. The van der Waals surface area contributed by atoms with Crippen molar-refractivity contribution in [3.63, 3.8) is 0 Å². The summed E-state index contributed by atoms with van der Waals surface area (Å²) in [6.45, 7) is 6.77. The first-order chi connectivity index (χ1) is 7.20. The van der Waals surface area contributed by atoms with E-state index in [2.05, 4.69) is 30.9 Å². The number of aryl methyl sites for hydroxylation is 1. The van der Waals surface area contributed by atoms with E-state index in [1.807, 2.05) is 6.07 Å². The van der Waals surface area contributed by atoms with Gasteiger partial charge in [-0.25, -0.2) is 0 Å². The number of benzene rings is 1. The molecule has 0 aliphatic carbocycles. The topological polar surface area (TPSA) is 29.3 Å². The molecule has 2 nitrogen and oxygen atoms in total. The average molecular weight is 204 g/mol. The third-order valence-electron chi connectivity index (χ3n) is 3.27. The van der Waals surface area contributed by atoms with E-state index >= 15 is 0 Å². The second kappa shape index (κ2) is 4.13. The number of nitrogens with zero attached hydrogens (tertiary/aromatic N) is 1. The second-order valence-electron chi connectivity index (χ2n) is 4.60. The van der Waals surface area contributed by atoms with E-state index in [1.165, 1.54) is 37.2 Å². The molecule has 1 fully saturated rings. The smallest absolute Gasteiger partial charge is 0.0370 e. The Balaban J connectivity index is 1.98. The summed E-state index contributed by atoms with van der Waals surface area (Å²) in [5, 5.41) is 0. The number of hydrogen-bond donors (Lipinski definition) is 1. The van der Waals surface area contributed by atoms with Gasteiger partial charge >= 0.3 is 0 Å². The van der Waals surface area contributed by atoms with Gasteiger partial charge in [-0.2, -0.15) is 0 Å². The standard InChI is InChI=1S/C13H20N2/c1-3-4-11-8-15(9-11)12-5-6-13(14)10(2)7-12/h5-7,11H,3-4,8-9,14H2,1-2H3. The predicted molar refractivity (Wildman–Crippen MR) is 66.2 cm³/mol. The normalized spacial score (nSPS) is 16.5. The van der Waals surface area contributed by atoms with Crippen LogP contribution in [0.3, 0.4) is 0 Å². The first-order valence-corrected chi connectivity index (χ1v) is 5.81. The summed E-state index contributed by atoms with van der Waals surface area (Å²) in [5.41, 5.74) is 9.21. The zero-order valence-corrected chi connectivity index (χ0v) is 9.66. The molecule has 2 rings (SSSR count). The van der Waals surface area contributed by atoms with E-state index in [9.17, 15) is 0 Å². The van der Waals surface area contributed by atoms with Gasteiger partial charge in [-0.15, -0.1) is 0 Å². The highest BCUT2D eigenvalue weighted by Gasteiger charge is 2.25. The molecule has 1 aliphatic heterocycles. The Kier molecular flexibility index (Phi) is 2.85. The summed E-state index contributed by atoms with van der Waals surface area (Å²) in [6, 6.07) is 6.33. The van der Waals surface area contributed by atoms with Gasteiger partial charge in [0.2, 0.25) is 0 Å². The lowest BCUT2D eigenvalue weighted by molar-refractivity contribution is 0.380. The molecule has 2 heteroatoms. The molecule has 1 heterocycles. The quantitative estimate of drug-likeness (QED) is 0.767. The largest absolute Gasteiger partial charge is 0.399 e. The fourth-order valence-electron chi connectivity index (χ4n) is 2.23. The average Bonchev–Trinajstić information content (AvgIpc) is 2.16. The maximum absolute atomic E-state index is 5.80. The summed E-state index contributed by atoms with van der Waals surface area (Å²) >= 11 is 0. The molecular formula is C13H20N2. The summed E-state index contributed by atoms with van der Waals surface area (Å²) in [5.74, 6) is 0.910. The van der Waals surface area contributed by atoms with Crippen LogP contribution in [0.15, 0.2) is 18.2 Å². The van der Waals surface area contributed by atoms with Crippen molar-refractivity contribution >= 4 is 11.4 Å². The van der Waals surface area contributed by atoms with Gasteiger partial charge in [-0.3, -0.25) is 0 Å². The molecular weight excluding hydrogens is 184 g/mol. The van der Waals surface area contributed by atoms with Crippen LogP contribution < -0.4 is 10.6 Å².